The van der Waals surface area contributed by atoms with Crippen molar-refractivity contribution in [3.05, 3.63) is 51.8 Å². The molecule has 1 aliphatic heterocycles. The molecule has 0 radical (unpaired) electrons. The Morgan fingerprint density at radius 3 is 2.71 bits per heavy atom. The number of non-ortho nitro benzene ring substituents is 1. The van der Waals surface area contributed by atoms with Gasteiger partial charge in [0.1, 0.15) is 5.76 Å². The first-order chi connectivity index (χ1) is 11.7. The first kappa shape index (κ1) is 16.4. The van der Waals surface area contributed by atoms with Crippen LogP contribution in [-0.2, 0) is 16.1 Å². The fourth-order valence-electron chi connectivity index (χ4n) is 2.57. The molecule has 1 saturated heterocycles. The Morgan fingerprint density at radius 1 is 1.29 bits per heavy atom. The molecule has 24 heavy (non-hydrogen) atoms. The third-order valence-corrected chi connectivity index (χ3v) is 3.87. The van der Waals surface area contributed by atoms with Crippen molar-refractivity contribution >= 4 is 12.0 Å². The lowest BCUT2D eigenvalue weighted by Crippen LogP contribution is -2.22. The first-order valence-electron chi connectivity index (χ1n) is 7.73. The van der Waals surface area contributed by atoms with E-state index in [9.17, 15) is 14.9 Å². The van der Waals surface area contributed by atoms with Crippen LogP contribution in [0.2, 0.25) is 0 Å². The normalized spacial score (nSPS) is 17.6. The van der Waals surface area contributed by atoms with Gasteiger partial charge < -0.3 is 13.9 Å². The van der Waals surface area contributed by atoms with Gasteiger partial charge in [0, 0.05) is 29.9 Å². The highest BCUT2D eigenvalue weighted by Crippen LogP contribution is 2.28. The van der Waals surface area contributed by atoms with Gasteiger partial charge in [-0.15, -0.1) is 0 Å². The average molecular weight is 331 g/mol. The number of hydrogen-bond acceptors (Lipinski definition) is 6. The van der Waals surface area contributed by atoms with E-state index in [4.69, 9.17) is 13.9 Å². The molecule has 1 fully saturated rings. The standard InChI is InChI=1S/C17H17NO6/c19-10-16-13(11-23-17-3-1-2-8-22-17)9-15(24-16)12-4-6-14(7-5-12)18(20)21/h4-7,9-10,17H,1-3,8,11H2. The summed E-state index contributed by atoms with van der Waals surface area (Å²) in [6.07, 6.45) is 3.31. The number of nitro groups is 1. The van der Waals surface area contributed by atoms with Gasteiger partial charge in [0.05, 0.1) is 11.5 Å². The number of benzene rings is 1. The van der Waals surface area contributed by atoms with Crippen LogP contribution in [0.1, 0.15) is 35.4 Å². The third-order valence-electron chi connectivity index (χ3n) is 3.87. The summed E-state index contributed by atoms with van der Waals surface area (Å²) in [7, 11) is 0. The van der Waals surface area contributed by atoms with Gasteiger partial charge in [-0.2, -0.15) is 0 Å². The van der Waals surface area contributed by atoms with Crippen LogP contribution in [0.25, 0.3) is 11.3 Å². The number of rotatable bonds is 6. The number of aldehydes is 1. The molecule has 3 rings (SSSR count). The van der Waals surface area contributed by atoms with E-state index in [-0.39, 0.29) is 24.3 Å². The summed E-state index contributed by atoms with van der Waals surface area (Å²) in [6, 6.07) is 7.67. The summed E-state index contributed by atoms with van der Waals surface area (Å²) >= 11 is 0. The molecule has 1 aliphatic rings. The number of carbonyl (C=O) groups is 1. The minimum Gasteiger partial charge on any atom is -0.453 e. The van der Waals surface area contributed by atoms with Gasteiger partial charge in [0.2, 0.25) is 0 Å². The summed E-state index contributed by atoms with van der Waals surface area (Å²) in [4.78, 5) is 21.4. The summed E-state index contributed by atoms with van der Waals surface area (Å²) in [5, 5.41) is 10.7. The predicted octanol–water partition coefficient (Wildman–Crippen LogP) is 3.71. The molecule has 0 bridgehead atoms. The SMILES string of the molecule is O=Cc1oc(-c2ccc([N+](=O)[O-])cc2)cc1COC1CCCCO1. The van der Waals surface area contributed by atoms with E-state index in [2.05, 4.69) is 0 Å². The molecular weight excluding hydrogens is 314 g/mol. The Hall–Kier alpha value is -2.51. The van der Waals surface area contributed by atoms with Crippen LogP contribution in [0.5, 0.6) is 0 Å². The highest BCUT2D eigenvalue weighted by atomic mass is 16.7. The van der Waals surface area contributed by atoms with Gasteiger partial charge in [0.15, 0.2) is 18.3 Å². The number of carbonyl (C=O) groups excluding carboxylic acids is 1. The smallest absolute Gasteiger partial charge is 0.269 e. The second-order valence-corrected chi connectivity index (χ2v) is 5.53. The van der Waals surface area contributed by atoms with E-state index in [1.807, 2.05) is 0 Å². The molecule has 1 atom stereocenters. The van der Waals surface area contributed by atoms with Gasteiger partial charge in [-0.25, -0.2) is 0 Å². The molecule has 2 heterocycles. The molecule has 2 aromatic rings. The van der Waals surface area contributed by atoms with Crippen molar-refractivity contribution in [2.45, 2.75) is 32.2 Å². The van der Waals surface area contributed by atoms with Gasteiger partial charge in [0.25, 0.3) is 5.69 Å². The number of hydrogen-bond donors (Lipinski definition) is 0. The van der Waals surface area contributed by atoms with Crippen molar-refractivity contribution in [3.63, 3.8) is 0 Å². The first-order valence-corrected chi connectivity index (χ1v) is 7.73. The topological polar surface area (TPSA) is 91.8 Å². The molecule has 0 aliphatic carbocycles. The maximum absolute atomic E-state index is 11.2. The van der Waals surface area contributed by atoms with E-state index < -0.39 is 4.92 Å². The highest BCUT2D eigenvalue weighted by Gasteiger charge is 2.18. The molecular formula is C17H17NO6. The lowest BCUT2D eigenvalue weighted by Gasteiger charge is -2.22. The summed E-state index contributed by atoms with van der Waals surface area (Å²) in [6.45, 7) is 0.903. The highest BCUT2D eigenvalue weighted by molar-refractivity contribution is 5.75. The molecule has 7 heteroatoms. The average Bonchev–Trinajstić information content (AvgIpc) is 3.04. The molecule has 0 saturated carbocycles. The van der Waals surface area contributed by atoms with E-state index in [0.717, 1.165) is 19.3 Å². The lowest BCUT2D eigenvalue weighted by atomic mass is 10.1. The van der Waals surface area contributed by atoms with Gasteiger partial charge in [-0.05, 0) is 37.5 Å². The molecule has 0 spiro atoms. The molecule has 0 amide bonds. The Bertz CT molecular complexity index is 715. The second kappa shape index (κ2) is 7.37. The molecule has 0 N–H and O–H groups in total. The van der Waals surface area contributed by atoms with Crippen LogP contribution in [0, 0.1) is 10.1 Å². The summed E-state index contributed by atoms with van der Waals surface area (Å²) in [5.41, 5.74) is 1.29. The monoisotopic (exact) mass is 331 g/mol. The van der Waals surface area contributed by atoms with Crippen LogP contribution in [-0.4, -0.2) is 24.1 Å². The quantitative estimate of drug-likeness (QED) is 0.455. The van der Waals surface area contributed by atoms with Crippen molar-refractivity contribution in [2.24, 2.45) is 0 Å². The van der Waals surface area contributed by atoms with E-state index in [0.29, 0.717) is 29.8 Å². The number of nitro benzene ring substituents is 1. The molecule has 1 aromatic carbocycles. The molecule has 126 valence electrons. The van der Waals surface area contributed by atoms with Crippen molar-refractivity contribution in [1.29, 1.82) is 0 Å². The van der Waals surface area contributed by atoms with E-state index in [1.165, 1.54) is 12.1 Å². The number of nitrogens with zero attached hydrogens (tertiary/aromatic N) is 1. The zero-order valence-electron chi connectivity index (χ0n) is 13.0. The van der Waals surface area contributed by atoms with Crippen molar-refractivity contribution in [3.8, 4) is 11.3 Å². The number of ether oxygens (including phenoxy) is 2. The molecule has 7 nitrogen and oxygen atoms in total. The summed E-state index contributed by atoms with van der Waals surface area (Å²) in [5.74, 6) is 0.661. The Kier molecular flexibility index (Phi) is 5.02. The zero-order chi connectivity index (χ0) is 16.9. The summed E-state index contributed by atoms with van der Waals surface area (Å²) < 4.78 is 16.7. The largest absolute Gasteiger partial charge is 0.453 e. The van der Waals surface area contributed by atoms with Crippen LogP contribution in [0.15, 0.2) is 34.7 Å². The van der Waals surface area contributed by atoms with E-state index >= 15 is 0 Å². The third kappa shape index (κ3) is 3.69. The van der Waals surface area contributed by atoms with Crippen LogP contribution >= 0.6 is 0 Å². The van der Waals surface area contributed by atoms with Crippen LogP contribution in [0.3, 0.4) is 0 Å². The zero-order valence-corrected chi connectivity index (χ0v) is 13.0. The minimum atomic E-state index is -0.466. The van der Waals surface area contributed by atoms with Crippen molar-refractivity contribution < 1.29 is 23.6 Å². The van der Waals surface area contributed by atoms with E-state index in [1.54, 1.807) is 18.2 Å². The Labute approximate surface area is 138 Å². The maximum Gasteiger partial charge on any atom is 0.269 e. The lowest BCUT2D eigenvalue weighted by molar-refractivity contribution is -0.384. The van der Waals surface area contributed by atoms with Gasteiger partial charge >= 0.3 is 0 Å². The molecule has 1 aromatic heterocycles. The minimum absolute atomic E-state index is 0.000999. The Balaban J connectivity index is 1.74. The van der Waals surface area contributed by atoms with Crippen molar-refractivity contribution in [2.75, 3.05) is 6.61 Å². The number of furan rings is 1. The fraction of sp³-hybridized carbons (Fsp3) is 0.353. The van der Waals surface area contributed by atoms with Crippen molar-refractivity contribution in [1.82, 2.24) is 0 Å². The Morgan fingerprint density at radius 2 is 2.08 bits per heavy atom. The maximum atomic E-state index is 11.2. The van der Waals surface area contributed by atoms with Gasteiger partial charge in [-0.1, -0.05) is 0 Å². The van der Waals surface area contributed by atoms with Gasteiger partial charge in [-0.3, -0.25) is 14.9 Å². The molecule has 1 unspecified atom stereocenters. The van der Waals surface area contributed by atoms with Crippen LogP contribution in [0.4, 0.5) is 5.69 Å². The fourth-order valence-corrected chi connectivity index (χ4v) is 2.57. The predicted molar refractivity (Wildman–Crippen MR) is 84.6 cm³/mol. The second-order valence-electron chi connectivity index (χ2n) is 5.53. The van der Waals surface area contributed by atoms with Crippen LogP contribution < -0.4 is 0 Å².